The first-order chi connectivity index (χ1) is 16.5. The largest absolute Gasteiger partial charge is 0.365 e. The predicted octanol–water partition coefficient (Wildman–Crippen LogP) is 5.72. The molecule has 0 fully saturated rings. The van der Waals surface area contributed by atoms with Gasteiger partial charge in [0.1, 0.15) is 22.2 Å². The van der Waals surface area contributed by atoms with Crippen molar-refractivity contribution in [3.63, 3.8) is 0 Å². The number of halogens is 2. The fourth-order valence-electron chi connectivity index (χ4n) is 3.24. The minimum Gasteiger partial charge on any atom is -0.365 e. The van der Waals surface area contributed by atoms with Gasteiger partial charge in [0.25, 0.3) is 11.5 Å². The number of rotatable bonds is 7. The van der Waals surface area contributed by atoms with Crippen LogP contribution in [0.5, 0.6) is 0 Å². The van der Waals surface area contributed by atoms with Gasteiger partial charge in [-0.25, -0.2) is 0 Å². The molecule has 0 aromatic carbocycles. The molecule has 4 rings (SSSR count). The monoisotopic (exact) mass is 549 g/mol. The lowest BCUT2D eigenvalue weighted by atomic mass is 9.96. The van der Waals surface area contributed by atoms with E-state index in [-0.39, 0.29) is 29.0 Å². The third-order valence-electron chi connectivity index (χ3n) is 5.03. The van der Waals surface area contributed by atoms with E-state index in [0.29, 0.717) is 28.1 Å². The minimum absolute atomic E-state index is 0.0297. The van der Waals surface area contributed by atoms with Gasteiger partial charge in [-0.05, 0) is 41.9 Å². The highest BCUT2D eigenvalue weighted by molar-refractivity contribution is 7.16. The lowest BCUT2D eigenvalue weighted by Crippen LogP contribution is -2.29. The van der Waals surface area contributed by atoms with Crippen molar-refractivity contribution in [3.05, 3.63) is 72.1 Å². The summed E-state index contributed by atoms with van der Waals surface area (Å²) in [7, 11) is 0. The van der Waals surface area contributed by atoms with Crippen molar-refractivity contribution < 1.29 is 9.59 Å². The summed E-state index contributed by atoms with van der Waals surface area (Å²) >= 11 is 14.7. The van der Waals surface area contributed by atoms with Gasteiger partial charge >= 0.3 is 0 Å². The SMILES string of the molecule is CC(C)(C)C(=O)n1nc(-c2ccc(Cl)c(=O)n2CC(=O)c2ccsn2)cc1NCc1ccc(Cl)s1. The fourth-order valence-corrected chi connectivity index (χ4v) is 4.96. The molecule has 0 saturated heterocycles. The van der Waals surface area contributed by atoms with E-state index in [9.17, 15) is 14.4 Å². The van der Waals surface area contributed by atoms with Crippen LogP contribution in [-0.4, -0.2) is 30.4 Å². The van der Waals surface area contributed by atoms with Crippen molar-refractivity contribution in [3.8, 4) is 11.4 Å². The molecule has 12 heteroatoms. The van der Waals surface area contributed by atoms with E-state index in [1.165, 1.54) is 26.7 Å². The normalized spacial score (nSPS) is 11.6. The molecule has 35 heavy (non-hydrogen) atoms. The van der Waals surface area contributed by atoms with E-state index in [0.717, 1.165) is 16.4 Å². The van der Waals surface area contributed by atoms with Gasteiger partial charge in [-0.3, -0.25) is 19.0 Å². The molecule has 0 amide bonds. The summed E-state index contributed by atoms with van der Waals surface area (Å²) in [6.45, 7) is 5.55. The molecular weight excluding hydrogens is 529 g/mol. The van der Waals surface area contributed by atoms with Gasteiger partial charge in [0.15, 0.2) is 0 Å². The number of Topliss-reactive ketones (excluding diaryl/α,β-unsaturated/α-hetero) is 1. The molecule has 0 aliphatic carbocycles. The van der Waals surface area contributed by atoms with Crippen LogP contribution in [0, 0.1) is 5.41 Å². The van der Waals surface area contributed by atoms with Crippen molar-refractivity contribution >= 4 is 63.6 Å². The number of carbonyl (C=O) groups is 2. The summed E-state index contributed by atoms with van der Waals surface area (Å²) < 4.78 is 7.25. The number of aromatic nitrogens is 4. The highest BCUT2D eigenvalue weighted by atomic mass is 35.5. The third-order valence-corrected chi connectivity index (χ3v) is 7.11. The van der Waals surface area contributed by atoms with Crippen LogP contribution in [0.15, 0.2) is 46.6 Å². The van der Waals surface area contributed by atoms with Crippen LogP contribution in [0.1, 0.15) is 40.9 Å². The van der Waals surface area contributed by atoms with Gasteiger partial charge in [-0.1, -0.05) is 44.0 Å². The van der Waals surface area contributed by atoms with Crippen LogP contribution < -0.4 is 10.9 Å². The Morgan fingerprint density at radius 1 is 1.11 bits per heavy atom. The second-order valence-corrected chi connectivity index (χ2v) is 11.6. The Kier molecular flexibility index (Phi) is 7.27. The predicted molar refractivity (Wildman–Crippen MR) is 140 cm³/mol. The van der Waals surface area contributed by atoms with E-state index in [2.05, 4.69) is 14.8 Å². The molecule has 4 heterocycles. The second kappa shape index (κ2) is 10.1. The van der Waals surface area contributed by atoms with Crippen LogP contribution >= 0.6 is 46.1 Å². The number of hydrogen-bond acceptors (Lipinski definition) is 8. The number of thiophene rings is 1. The maximum Gasteiger partial charge on any atom is 0.270 e. The summed E-state index contributed by atoms with van der Waals surface area (Å²) in [5, 5.41) is 9.42. The van der Waals surface area contributed by atoms with E-state index in [1.807, 2.05) is 6.07 Å². The molecule has 0 bridgehead atoms. The lowest BCUT2D eigenvalue weighted by Gasteiger charge is -2.18. The van der Waals surface area contributed by atoms with Crippen molar-refractivity contribution in [2.45, 2.75) is 33.9 Å². The molecule has 4 aromatic heterocycles. The average Bonchev–Trinajstić information content (AvgIpc) is 3.55. The van der Waals surface area contributed by atoms with Crippen molar-refractivity contribution in [1.82, 2.24) is 18.7 Å². The second-order valence-electron chi connectivity index (χ2n) is 8.71. The maximum atomic E-state index is 13.2. The molecule has 0 saturated carbocycles. The Labute approximate surface area is 219 Å². The standard InChI is InChI=1S/C23H21Cl2N5O3S2/c1-23(2,3)22(33)30-20(26-11-13-4-7-19(25)35-13)10-16(27-30)17-6-5-14(24)21(32)29(17)12-18(31)15-8-9-34-28-15/h4-10,26H,11-12H2,1-3H3. The highest BCUT2D eigenvalue weighted by Gasteiger charge is 2.28. The quantitative estimate of drug-likeness (QED) is 0.296. The van der Waals surface area contributed by atoms with Crippen LogP contribution in [0.25, 0.3) is 11.4 Å². The summed E-state index contributed by atoms with van der Waals surface area (Å²) in [5.41, 5.74) is -0.295. The Hall–Kier alpha value is -2.79. The molecule has 0 spiro atoms. The number of carbonyl (C=O) groups excluding carboxylic acids is 2. The molecule has 0 radical (unpaired) electrons. The Morgan fingerprint density at radius 3 is 2.51 bits per heavy atom. The topological polar surface area (TPSA) is 98.9 Å². The van der Waals surface area contributed by atoms with Gasteiger partial charge < -0.3 is 5.32 Å². The summed E-state index contributed by atoms with van der Waals surface area (Å²) in [4.78, 5) is 39.8. The Bertz CT molecular complexity index is 1450. The number of nitrogens with zero attached hydrogens (tertiary/aromatic N) is 4. The molecule has 4 aromatic rings. The van der Waals surface area contributed by atoms with Crippen LogP contribution in [0.3, 0.4) is 0 Å². The first-order valence-electron chi connectivity index (χ1n) is 10.5. The smallest absolute Gasteiger partial charge is 0.270 e. The summed E-state index contributed by atoms with van der Waals surface area (Å²) in [5.74, 6) is -0.129. The first kappa shape index (κ1) is 25.3. The van der Waals surface area contributed by atoms with Gasteiger partial charge in [-0.2, -0.15) is 14.2 Å². The zero-order chi connectivity index (χ0) is 25.3. The van der Waals surface area contributed by atoms with Gasteiger partial charge in [-0.15, -0.1) is 11.3 Å². The Morgan fingerprint density at radius 2 is 1.89 bits per heavy atom. The molecule has 182 valence electrons. The average molecular weight is 550 g/mol. The third kappa shape index (κ3) is 5.56. The molecular formula is C23H21Cl2N5O3S2. The molecule has 0 aliphatic rings. The van der Waals surface area contributed by atoms with Crippen LogP contribution in [0.2, 0.25) is 9.36 Å². The number of ketones is 1. The van der Waals surface area contributed by atoms with E-state index in [4.69, 9.17) is 23.2 Å². The number of hydrogen-bond donors (Lipinski definition) is 1. The first-order valence-corrected chi connectivity index (χ1v) is 12.9. The molecule has 0 atom stereocenters. The van der Waals surface area contributed by atoms with Crippen LogP contribution in [0.4, 0.5) is 5.82 Å². The summed E-state index contributed by atoms with van der Waals surface area (Å²) in [6, 6.07) is 10.0. The van der Waals surface area contributed by atoms with E-state index in [1.54, 1.807) is 50.4 Å². The van der Waals surface area contributed by atoms with Crippen LogP contribution in [-0.2, 0) is 13.1 Å². The molecule has 8 nitrogen and oxygen atoms in total. The van der Waals surface area contributed by atoms with E-state index < -0.39 is 11.0 Å². The van der Waals surface area contributed by atoms with Gasteiger partial charge in [0.2, 0.25) is 5.78 Å². The zero-order valence-corrected chi connectivity index (χ0v) is 22.2. The fraction of sp³-hybridized carbons (Fsp3) is 0.261. The summed E-state index contributed by atoms with van der Waals surface area (Å²) in [6.07, 6.45) is 0. The van der Waals surface area contributed by atoms with Crippen molar-refractivity contribution in [2.24, 2.45) is 5.41 Å². The number of nitrogens with one attached hydrogen (secondary N) is 1. The molecule has 0 unspecified atom stereocenters. The van der Waals surface area contributed by atoms with E-state index >= 15 is 0 Å². The molecule has 0 aliphatic heterocycles. The van der Waals surface area contributed by atoms with Gasteiger partial charge in [0, 0.05) is 21.7 Å². The van der Waals surface area contributed by atoms with Crippen molar-refractivity contribution in [2.75, 3.05) is 5.32 Å². The molecule has 1 N–H and O–H groups in total. The zero-order valence-electron chi connectivity index (χ0n) is 19.0. The lowest BCUT2D eigenvalue weighted by molar-refractivity contribution is 0.0752. The van der Waals surface area contributed by atoms with Crippen molar-refractivity contribution in [1.29, 1.82) is 0 Å². The number of pyridine rings is 1. The highest BCUT2D eigenvalue weighted by Crippen LogP contribution is 2.28. The minimum atomic E-state index is -0.716. The number of anilines is 1. The van der Waals surface area contributed by atoms with Gasteiger partial charge in [0.05, 0.1) is 23.1 Å². The maximum absolute atomic E-state index is 13.2. The Balaban J connectivity index is 1.76.